The van der Waals surface area contributed by atoms with Crippen LogP contribution in [0, 0.1) is 10.7 Å². The summed E-state index contributed by atoms with van der Waals surface area (Å²) in [5.74, 6) is -0.367. The molecule has 0 aliphatic heterocycles. The Labute approximate surface area is 134 Å². The van der Waals surface area contributed by atoms with Gasteiger partial charge in [0.1, 0.15) is 18.4 Å². The third-order valence-electron chi connectivity index (χ3n) is 1.69. The number of rotatable bonds is 4. The minimum Gasteiger partial charge on any atom is -0.489 e. The van der Waals surface area contributed by atoms with E-state index in [1.165, 1.54) is 0 Å². The fourth-order valence-electron chi connectivity index (χ4n) is 0.911. The zero-order valence-corrected chi connectivity index (χ0v) is 14.4. The van der Waals surface area contributed by atoms with Crippen molar-refractivity contribution in [3.05, 3.63) is 22.8 Å². The third kappa shape index (κ3) is 4.14. The SMILES string of the molecule is N[C@@H](COc1c(I)cc(I)cc1I)C(=O)O. The van der Waals surface area contributed by atoms with Crippen molar-refractivity contribution in [2.24, 2.45) is 5.73 Å². The van der Waals surface area contributed by atoms with Gasteiger partial charge in [-0.05, 0) is 79.9 Å². The number of hydrogen-bond acceptors (Lipinski definition) is 3. The first kappa shape index (κ1) is 14.7. The lowest BCUT2D eigenvalue weighted by Gasteiger charge is -2.12. The summed E-state index contributed by atoms with van der Waals surface area (Å²) in [5, 5.41) is 8.63. The van der Waals surface area contributed by atoms with Crippen LogP contribution in [0.3, 0.4) is 0 Å². The normalized spacial score (nSPS) is 12.2. The summed E-state index contributed by atoms with van der Waals surface area (Å²) in [7, 11) is 0. The molecule has 1 rings (SSSR count). The number of nitrogens with two attached hydrogens (primary N) is 1. The largest absolute Gasteiger partial charge is 0.489 e. The number of carboxylic acids is 1. The van der Waals surface area contributed by atoms with E-state index in [-0.39, 0.29) is 6.61 Å². The quantitative estimate of drug-likeness (QED) is 0.557. The van der Waals surface area contributed by atoms with Gasteiger partial charge in [-0.3, -0.25) is 4.79 Å². The number of carboxylic acid groups (broad SMARTS) is 1. The Kier molecular flexibility index (Phi) is 6.01. The molecule has 0 fully saturated rings. The molecule has 4 nitrogen and oxygen atoms in total. The molecular weight excluding hydrogens is 551 g/mol. The first-order chi connectivity index (χ1) is 7.41. The van der Waals surface area contributed by atoms with Crippen LogP contribution in [0.15, 0.2) is 12.1 Å². The van der Waals surface area contributed by atoms with Gasteiger partial charge in [0.2, 0.25) is 0 Å². The van der Waals surface area contributed by atoms with Gasteiger partial charge in [-0.1, -0.05) is 0 Å². The molecule has 0 aliphatic carbocycles. The van der Waals surface area contributed by atoms with Gasteiger partial charge in [-0.15, -0.1) is 0 Å². The van der Waals surface area contributed by atoms with Crippen LogP contribution in [0.2, 0.25) is 0 Å². The van der Waals surface area contributed by atoms with Gasteiger partial charge >= 0.3 is 5.97 Å². The summed E-state index contributed by atoms with van der Waals surface area (Å²) in [6, 6.07) is 2.93. The predicted octanol–water partition coefficient (Wildman–Crippen LogP) is 2.29. The van der Waals surface area contributed by atoms with E-state index in [1.54, 1.807) is 0 Å². The average molecular weight is 559 g/mol. The summed E-state index contributed by atoms with van der Waals surface area (Å²) in [6.07, 6.45) is 0. The van der Waals surface area contributed by atoms with Crippen molar-refractivity contribution in [2.45, 2.75) is 6.04 Å². The highest BCUT2D eigenvalue weighted by Gasteiger charge is 2.14. The highest BCUT2D eigenvalue weighted by molar-refractivity contribution is 14.1. The van der Waals surface area contributed by atoms with E-state index in [1.807, 2.05) is 12.1 Å². The van der Waals surface area contributed by atoms with E-state index >= 15 is 0 Å². The second-order valence-electron chi connectivity index (χ2n) is 2.95. The minimum absolute atomic E-state index is 0.0259. The topological polar surface area (TPSA) is 72.5 Å². The van der Waals surface area contributed by atoms with Crippen LogP contribution in [0.5, 0.6) is 5.75 Å². The predicted molar refractivity (Wildman–Crippen MR) is 85.7 cm³/mol. The molecule has 0 amide bonds. The van der Waals surface area contributed by atoms with E-state index in [2.05, 4.69) is 67.8 Å². The van der Waals surface area contributed by atoms with Gasteiger partial charge < -0.3 is 15.6 Å². The standard InChI is InChI=1S/C9H8I3NO3/c10-4-1-5(11)8(6(12)2-4)16-3-7(13)9(14)15/h1-2,7H,3,13H2,(H,14,15)/t7-/m0/s1. The molecule has 0 heterocycles. The van der Waals surface area contributed by atoms with Crippen molar-refractivity contribution in [2.75, 3.05) is 6.61 Å². The summed E-state index contributed by atoms with van der Waals surface area (Å²) >= 11 is 6.52. The second-order valence-corrected chi connectivity index (χ2v) is 6.52. The molecule has 1 atom stereocenters. The van der Waals surface area contributed by atoms with Crippen molar-refractivity contribution in [3.8, 4) is 5.75 Å². The van der Waals surface area contributed by atoms with Crippen LogP contribution in [0.1, 0.15) is 0 Å². The third-order valence-corrected chi connectivity index (χ3v) is 3.91. The van der Waals surface area contributed by atoms with Crippen molar-refractivity contribution < 1.29 is 14.6 Å². The van der Waals surface area contributed by atoms with Crippen molar-refractivity contribution >= 4 is 73.7 Å². The summed E-state index contributed by atoms with van der Waals surface area (Å²) in [5.41, 5.74) is 5.36. The summed E-state index contributed by atoms with van der Waals surface area (Å²) in [4.78, 5) is 10.5. The van der Waals surface area contributed by atoms with Crippen molar-refractivity contribution in [1.82, 2.24) is 0 Å². The van der Waals surface area contributed by atoms with E-state index in [0.29, 0.717) is 5.75 Å². The van der Waals surface area contributed by atoms with Gasteiger partial charge in [-0.25, -0.2) is 0 Å². The van der Waals surface area contributed by atoms with E-state index in [9.17, 15) is 4.79 Å². The van der Waals surface area contributed by atoms with Crippen molar-refractivity contribution in [3.63, 3.8) is 0 Å². The summed E-state index contributed by atoms with van der Waals surface area (Å²) < 4.78 is 8.43. The fraction of sp³-hybridized carbons (Fsp3) is 0.222. The molecule has 0 bridgehead atoms. The Morgan fingerprint density at radius 3 is 2.31 bits per heavy atom. The van der Waals surface area contributed by atoms with Crippen LogP contribution >= 0.6 is 67.8 Å². The molecule has 3 N–H and O–H groups in total. The Hall–Kier alpha value is 0.640. The number of ether oxygens (including phenoxy) is 1. The molecule has 0 aliphatic rings. The summed E-state index contributed by atoms with van der Waals surface area (Å²) in [6.45, 7) is -0.0259. The molecule has 0 radical (unpaired) electrons. The van der Waals surface area contributed by atoms with E-state index < -0.39 is 12.0 Å². The number of benzene rings is 1. The maximum Gasteiger partial charge on any atom is 0.324 e. The molecule has 0 saturated carbocycles. The molecule has 0 unspecified atom stereocenters. The van der Waals surface area contributed by atoms with Gasteiger partial charge in [0.05, 0.1) is 7.14 Å². The van der Waals surface area contributed by atoms with Gasteiger partial charge in [-0.2, -0.15) is 0 Å². The lowest BCUT2D eigenvalue weighted by Crippen LogP contribution is -2.36. The smallest absolute Gasteiger partial charge is 0.324 e. The number of hydrogen-bond donors (Lipinski definition) is 2. The van der Waals surface area contributed by atoms with Gasteiger partial charge in [0.15, 0.2) is 0 Å². The van der Waals surface area contributed by atoms with Gasteiger partial charge in [0, 0.05) is 3.57 Å². The maximum absolute atomic E-state index is 10.5. The first-order valence-corrected chi connectivity index (χ1v) is 7.41. The fourth-order valence-corrected chi connectivity index (χ4v) is 4.81. The number of halogens is 3. The highest BCUT2D eigenvalue weighted by Crippen LogP contribution is 2.29. The van der Waals surface area contributed by atoms with Crippen molar-refractivity contribution in [1.29, 1.82) is 0 Å². The lowest BCUT2D eigenvalue weighted by atomic mass is 10.3. The van der Waals surface area contributed by atoms with Crippen LogP contribution in [-0.2, 0) is 4.79 Å². The first-order valence-electron chi connectivity index (χ1n) is 4.17. The van der Waals surface area contributed by atoms with E-state index in [4.69, 9.17) is 15.6 Å². The molecule has 0 spiro atoms. The Morgan fingerprint density at radius 2 is 1.88 bits per heavy atom. The highest BCUT2D eigenvalue weighted by atomic mass is 127. The lowest BCUT2D eigenvalue weighted by molar-refractivity contribution is -0.139. The van der Waals surface area contributed by atoms with Crippen LogP contribution < -0.4 is 10.5 Å². The molecule has 1 aromatic carbocycles. The number of aliphatic carboxylic acids is 1. The molecule has 0 aromatic heterocycles. The molecular formula is C9H8I3NO3. The monoisotopic (exact) mass is 559 g/mol. The molecule has 88 valence electrons. The Balaban J connectivity index is 2.78. The molecule has 7 heteroatoms. The zero-order chi connectivity index (χ0) is 12.3. The zero-order valence-electron chi connectivity index (χ0n) is 7.91. The van der Waals surface area contributed by atoms with Gasteiger partial charge in [0.25, 0.3) is 0 Å². The molecule has 1 aromatic rings. The Bertz CT molecular complexity index is 388. The molecule has 16 heavy (non-hydrogen) atoms. The van der Waals surface area contributed by atoms with Crippen LogP contribution in [0.4, 0.5) is 0 Å². The van der Waals surface area contributed by atoms with E-state index in [0.717, 1.165) is 10.7 Å². The Morgan fingerprint density at radius 1 is 1.38 bits per heavy atom. The number of carbonyl (C=O) groups is 1. The maximum atomic E-state index is 10.5. The van der Waals surface area contributed by atoms with Crippen LogP contribution in [-0.4, -0.2) is 23.7 Å². The minimum atomic E-state index is -1.06. The second kappa shape index (κ2) is 6.54. The molecule has 0 saturated heterocycles. The van der Waals surface area contributed by atoms with Crippen LogP contribution in [0.25, 0.3) is 0 Å². The average Bonchev–Trinajstić information content (AvgIpc) is 2.15.